The number of aliphatic imine (C=N–C) groups is 1. The first-order chi connectivity index (χ1) is 10.3. The summed E-state index contributed by atoms with van der Waals surface area (Å²) in [5, 5.41) is 9.24. The molecule has 0 rings (SSSR count). The lowest BCUT2D eigenvalue weighted by Crippen LogP contribution is -2.55. The van der Waals surface area contributed by atoms with Gasteiger partial charge in [0.15, 0.2) is 17.3 Å². The van der Waals surface area contributed by atoms with Gasteiger partial charge in [0.2, 0.25) is 0 Å². The zero-order chi connectivity index (χ0) is 17.0. The highest BCUT2D eigenvalue weighted by Gasteiger charge is 2.40. The van der Waals surface area contributed by atoms with Crippen molar-refractivity contribution in [2.24, 2.45) is 27.9 Å². The molecular formula is C14H29N5O3. The van der Waals surface area contributed by atoms with Gasteiger partial charge in [-0.2, -0.15) is 0 Å². The lowest BCUT2D eigenvalue weighted by atomic mass is 9.87. The largest absolute Gasteiger partial charge is 0.480 e. The maximum atomic E-state index is 12.1. The Hall–Kier alpha value is -1.67. The maximum Gasteiger partial charge on any atom is 0.331 e. The Balaban J connectivity index is 4.25. The summed E-state index contributed by atoms with van der Waals surface area (Å²) in [4.78, 5) is 27.2. The number of nitrogens with two attached hydrogens (primary N) is 4. The highest BCUT2D eigenvalue weighted by Crippen LogP contribution is 2.17. The van der Waals surface area contributed by atoms with Crippen LogP contribution in [-0.4, -0.2) is 41.4 Å². The molecule has 1 unspecified atom stereocenters. The first kappa shape index (κ1) is 20.3. The highest BCUT2D eigenvalue weighted by atomic mass is 16.4. The number of rotatable bonds is 13. The Bertz CT molecular complexity index is 383. The monoisotopic (exact) mass is 315 g/mol. The molecule has 22 heavy (non-hydrogen) atoms. The van der Waals surface area contributed by atoms with Crippen molar-refractivity contribution in [3.63, 3.8) is 0 Å². The molecule has 1 atom stereocenters. The van der Waals surface area contributed by atoms with Crippen molar-refractivity contribution in [3.8, 4) is 0 Å². The summed E-state index contributed by atoms with van der Waals surface area (Å²) < 4.78 is 0. The zero-order valence-electron chi connectivity index (χ0n) is 13.1. The number of guanidine groups is 1. The Kier molecular flexibility index (Phi) is 10.1. The van der Waals surface area contributed by atoms with Crippen LogP contribution in [0.4, 0.5) is 0 Å². The molecule has 0 aliphatic carbocycles. The number of carbonyl (C=O) groups is 2. The van der Waals surface area contributed by atoms with E-state index in [0.29, 0.717) is 19.4 Å². The predicted octanol–water partition coefficient (Wildman–Crippen LogP) is -0.309. The Morgan fingerprint density at radius 2 is 1.59 bits per heavy atom. The standard InChI is InChI=1S/C14H29N5O3/c15-9-5-3-1-2-4-7-11(20)14(18,12(21)22)8-6-10-19-13(16)17/h1-10,15,18H2,(H,21,22)(H4,16,17,19). The first-order valence-corrected chi connectivity index (χ1v) is 7.65. The summed E-state index contributed by atoms with van der Waals surface area (Å²) in [6, 6.07) is 0. The lowest BCUT2D eigenvalue weighted by Gasteiger charge is -2.23. The lowest BCUT2D eigenvalue weighted by molar-refractivity contribution is -0.148. The van der Waals surface area contributed by atoms with Crippen LogP contribution >= 0.6 is 0 Å². The van der Waals surface area contributed by atoms with Gasteiger partial charge in [-0.05, 0) is 32.2 Å². The topological polar surface area (TPSA) is 171 Å². The van der Waals surface area contributed by atoms with Crippen molar-refractivity contribution in [2.75, 3.05) is 13.1 Å². The molecule has 8 nitrogen and oxygen atoms in total. The maximum absolute atomic E-state index is 12.1. The number of ketones is 1. The number of aliphatic carboxylic acids is 1. The molecule has 0 heterocycles. The van der Waals surface area contributed by atoms with Crippen LogP contribution in [0.5, 0.6) is 0 Å². The number of nitrogens with zero attached hydrogens (tertiary/aromatic N) is 1. The highest BCUT2D eigenvalue weighted by molar-refractivity contribution is 6.07. The Labute approximate surface area is 131 Å². The molecule has 0 spiro atoms. The molecule has 0 fully saturated rings. The summed E-state index contributed by atoms with van der Waals surface area (Å²) in [5.41, 5.74) is 19.7. The van der Waals surface area contributed by atoms with E-state index in [0.717, 1.165) is 25.7 Å². The normalized spacial score (nSPS) is 13.4. The molecule has 0 aromatic heterocycles. The minimum absolute atomic E-state index is 0.0190. The smallest absolute Gasteiger partial charge is 0.331 e. The van der Waals surface area contributed by atoms with Gasteiger partial charge in [-0.3, -0.25) is 9.79 Å². The van der Waals surface area contributed by atoms with Gasteiger partial charge in [-0.25, -0.2) is 4.79 Å². The van der Waals surface area contributed by atoms with E-state index in [9.17, 15) is 14.7 Å². The number of hydrogen-bond acceptors (Lipinski definition) is 5. The quantitative estimate of drug-likeness (QED) is 0.134. The second-order valence-corrected chi connectivity index (χ2v) is 5.42. The van der Waals surface area contributed by atoms with Crippen LogP contribution in [0, 0.1) is 0 Å². The molecule has 0 amide bonds. The number of carbonyl (C=O) groups excluding carboxylic acids is 1. The molecular weight excluding hydrogens is 286 g/mol. The van der Waals surface area contributed by atoms with Crippen LogP contribution in [0.2, 0.25) is 0 Å². The number of carboxylic acids is 1. The molecule has 0 bridgehead atoms. The van der Waals surface area contributed by atoms with E-state index in [2.05, 4.69) is 4.99 Å². The van der Waals surface area contributed by atoms with E-state index >= 15 is 0 Å². The van der Waals surface area contributed by atoms with Gasteiger partial charge in [-0.15, -0.1) is 0 Å². The first-order valence-electron chi connectivity index (χ1n) is 7.65. The Morgan fingerprint density at radius 3 is 2.14 bits per heavy atom. The van der Waals surface area contributed by atoms with Gasteiger partial charge in [0.05, 0.1) is 0 Å². The summed E-state index contributed by atoms with van der Waals surface area (Å²) in [7, 11) is 0. The molecule has 0 saturated carbocycles. The number of hydrogen-bond donors (Lipinski definition) is 5. The number of unbranched alkanes of at least 4 members (excludes halogenated alkanes) is 4. The summed E-state index contributed by atoms with van der Waals surface area (Å²) in [6.07, 6.45) is 5.02. The molecule has 0 aromatic carbocycles. The zero-order valence-corrected chi connectivity index (χ0v) is 13.1. The van der Waals surface area contributed by atoms with E-state index in [-0.39, 0.29) is 25.3 Å². The van der Waals surface area contributed by atoms with Crippen molar-refractivity contribution in [1.82, 2.24) is 0 Å². The fourth-order valence-electron chi connectivity index (χ4n) is 2.11. The molecule has 9 N–H and O–H groups in total. The van der Waals surface area contributed by atoms with Gasteiger partial charge < -0.3 is 28.0 Å². The van der Waals surface area contributed by atoms with Crippen molar-refractivity contribution < 1.29 is 14.7 Å². The van der Waals surface area contributed by atoms with Crippen molar-refractivity contribution in [2.45, 2.75) is 56.9 Å². The van der Waals surface area contributed by atoms with Gasteiger partial charge in [0.25, 0.3) is 0 Å². The van der Waals surface area contributed by atoms with Crippen LogP contribution in [-0.2, 0) is 9.59 Å². The van der Waals surface area contributed by atoms with E-state index in [1.54, 1.807) is 0 Å². The van der Waals surface area contributed by atoms with Crippen molar-refractivity contribution in [1.29, 1.82) is 0 Å². The average Bonchev–Trinajstić information content (AvgIpc) is 2.46. The summed E-state index contributed by atoms with van der Waals surface area (Å²) in [5.74, 6) is -1.81. The molecule has 0 aliphatic heterocycles. The van der Waals surface area contributed by atoms with Gasteiger partial charge in [-0.1, -0.05) is 19.3 Å². The molecule has 0 aliphatic rings. The predicted molar refractivity (Wildman–Crippen MR) is 86.2 cm³/mol. The third-order valence-corrected chi connectivity index (χ3v) is 3.51. The number of carboxylic acid groups (broad SMARTS) is 1. The van der Waals surface area contributed by atoms with Crippen LogP contribution in [0.1, 0.15) is 51.4 Å². The molecule has 128 valence electrons. The van der Waals surface area contributed by atoms with E-state index < -0.39 is 17.3 Å². The van der Waals surface area contributed by atoms with E-state index in [1.165, 1.54) is 0 Å². The third-order valence-electron chi connectivity index (χ3n) is 3.51. The van der Waals surface area contributed by atoms with E-state index in [4.69, 9.17) is 22.9 Å². The van der Waals surface area contributed by atoms with Gasteiger partial charge >= 0.3 is 5.97 Å². The average molecular weight is 315 g/mol. The molecule has 8 heteroatoms. The molecule has 0 radical (unpaired) electrons. The fraction of sp³-hybridized carbons (Fsp3) is 0.786. The molecule has 0 saturated heterocycles. The van der Waals surface area contributed by atoms with E-state index in [1.807, 2.05) is 0 Å². The summed E-state index contributed by atoms with van der Waals surface area (Å²) in [6.45, 7) is 0.917. The SMILES string of the molecule is NCCCCCCCC(=O)C(N)(CCCN=C(N)N)C(=O)O. The van der Waals surface area contributed by atoms with Crippen LogP contribution < -0.4 is 22.9 Å². The second kappa shape index (κ2) is 11.0. The van der Waals surface area contributed by atoms with Gasteiger partial charge in [0, 0.05) is 13.0 Å². The van der Waals surface area contributed by atoms with Crippen molar-refractivity contribution >= 4 is 17.7 Å². The minimum atomic E-state index is -1.85. The molecule has 0 aromatic rings. The van der Waals surface area contributed by atoms with Crippen LogP contribution in [0.3, 0.4) is 0 Å². The third kappa shape index (κ3) is 7.94. The minimum Gasteiger partial charge on any atom is -0.480 e. The fourth-order valence-corrected chi connectivity index (χ4v) is 2.11. The van der Waals surface area contributed by atoms with Crippen LogP contribution in [0.25, 0.3) is 0 Å². The van der Waals surface area contributed by atoms with Crippen LogP contribution in [0.15, 0.2) is 4.99 Å². The Morgan fingerprint density at radius 1 is 1.00 bits per heavy atom. The second-order valence-electron chi connectivity index (χ2n) is 5.42. The number of Topliss-reactive ketones (excluding diaryl/α,β-unsaturated/α-hetero) is 1. The summed E-state index contributed by atoms with van der Waals surface area (Å²) >= 11 is 0. The van der Waals surface area contributed by atoms with Crippen molar-refractivity contribution in [3.05, 3.63) is 0 Å². The van der Waals surface area contributed by atoms with Gasteiger partial charge in [0.1, 0.15) is 0 Å².